The van der Waals surface area contributed by atoms with Gasteiger partial charge in [0.2, 0.25) is 11.8 Å². The van der Waals surface area contributed by atoms with E-state index >= 15 is 0 Å². The van der Waals surface area contributed by atoms with Crippen LogP contribution < -0.4 is 5.32 Å². The fourth-order valence-corrected chi connectivity index (χ4v) is 7.40. The first kappa shape index (κ1) is 17.3. The van der Waals surface area contributed by atoms with Gasteiger partial charge < -0.3 is 5.32 Å². The lowest BCUT2D eigenvalue weighted by molar-refractivity contribution is -0.122. The molecule has 0 bridgehead atoms. The summed E-state index contributed by atoms with van der Waals surface area (Å²) in [7, 11) is 0. The highest BCUT2D eigenvalue weighted by Crippen LogP contribution is 2.65. The summed E-state index contributed by atoms with van der Waals surface area (Å²) in [4.78, 5) is 25.0. The molecule has 1 aromatic heterocycles. The summed E-state index contributed by atoms with van der Waals surface area (Å²) in [5.41, 5.74) is 0.189. The molecular formula is C23H30N2O2. The zero-order valence-electron chi connectivity index (χ0n) is 16.4. The van der Waals surface area contributed by atoms with E-state index in [-0.39, 0.29) is 34.6 Å². The van der Waals surface area contributed by atoms with E-state index in [4.69, 9.17) is 0 Å². The summed E-state index contributed by atoms with van der Waals surface area (Å²) in [5, 5.41) is 3.22. The van der Waals surface area contributed by atoms with Gasteiger partial charge in [-0.15, -0.1) is 0 Å². The number of hydrogen-bond donors (Lipinski definition) is 1. The fourth-order valence-electron chi connectivity index (χ4n) is 7.40. The largest absolute Gasteiger partial charge is 0.349 e. The second kappa shape index (κ2) is 5.83. The van der Waals surface area contributed by atoms with Crippen molar-refractivity contribution < 1.29 is 9.59 Å². The molecule has 2 heterocycles. The van der Waals surface area contributed by atoms with Gasteiger partial charge >= 0.3 is 0 Å². The minimum atomic E-state index is 0.0647. The number of carbonyl (C=O) groups excluding carboxylic acids is 2. The first-order valence-corrected chi connectivity index (χ1v) is 10.6. The Hall–Kier alpha value is -1.84. The topological polar surface area (TPSA) is 51.1 Å². The second-order valence-corrected chi connectivity index (χ2v) is 9.82. The Morgan fingerprint density at radius 2 is 1.85 bits per heavy atom. The SMILES string of the molecule is C[C@]12C=CC(=O)NC1CC[C@@H]1[C@H]2CC[C@]2(C)C(C(=O)n3cccc3)CC[C@@H]12. The fraction of sp³-hybridized carbons (Fsp3) is 0.652. The van der Waals surface area contributed by atoms with Crippen LogP contribution in [0.5, 0.6) is 0 Å². The number of fused-ring (bicyclic) bond motifs is 5. The summed E-state index contributed by atoms with van der Waals surface area (Å²) in [5.74, 6) is 2.41. The van der Waals surface area contributed by atoms with E-state index in [0.29, 0.717) is 17.8 Å². The zero-order chi connectivity index (χ0) is 18.8. The molecule has 0 saturated heterocycles. The van der Waals surface area contributed by atoms with Crippen LogP contribution >= 0.6 is 0 Å². The van der Waals surface area contributed by atoms with E-state index in [9.17, 15) is 9.59 Å². The van der Waals surface area contributed by atoms with E-state index < -0.39 is 0 Å². The van der Waals surface area contributed by atoms with Gasteiger partial charge in [0.15, 0.2) is 0 Å². The van der Waals surface area contributed by atoms with Gasteiger partial charge in [-0.05, 0) is 79.9 Å². The number of nitrogens with one attached hydrogen (secondary N) is 1. The quantitative estimate of drug-likeness (QED) is 0.815. The van der Waals surface area contributed by atoms with Gasteiger partial charge in [0.05, 0.1) is 0 Å². The van der Waals surface area contributed by atoms with Crippen LogP contribution in [-0.2, 0) is 4.79 Å². The van der Waals surface area contributed by atoms with Crippen LogP contribution in [-0.4, -0.2) is 22.4 Å². The molecule has 3 aliphatic carbocycles. The highest BCUT2D eigenvalue weighted by atomic mass is 16.2. The number of amides is 1. The molecule has 1 aliphatic heterocycles. The van der Waals surface area contributed by atoms with E-state index in [1.165, 1.54) is 19.3 Å². The third kappa shape index (κ3) is 2.34. The molecule has 4 aliphatic rings. The molecule has 1 amide bonds. The first-order valence-electron chi connectivity index (χ1n) is 10.6. The molecule has 3 fully saturated rings. The molecule has 144 valence electrons. The van der Waals surface area contributed by atoms with Crippen LogP contribution in [0.1, 0.15) is 57.2 Å². The van der Waals surface area contributed by atoms with Gasteiger partial charge in [-0.2, -0.15) is 0 Å². The van der Waals surface area contributed by atoms with Crippen molar-refractivity contribution in [2.45, 2.75) is 58.4 Å². The summed E-state index contributed by atoms with van der Waals surface area (Å²) in [6.07, 6.45) is 14.5. The van der Waals surface area contributed by atoms with Crippen LogP contribution in [0.2, 0.25) is 0 Å². The van der Waals surface area contributed by atoms with E-state index in [1.807, 2.05) is 24.5 Å². The zero-order valence-corrected chi connectivity index (χ0v) is 16.4. The van der Waals surface area contributed by atoms with Gasteiger partial charge in [0, 0.05) is 29.8 Å². The molecule has 0 aromatic carbocycles. The Bertz CT molecular complexity index is 797. The Labute approximate surface area is 161 Å². The highest BCUT2D eigenvalue weighted by molar-refractivity contribution is 5.89. The Balaban J connectivity index is 1.44. The van der Waals surface area contributed by atoms with Gasteiger partial charge in [0.1, 0.15) is 0 Å². The maximum Gasteiger partial charge on any atom is 0.243 e. The van der Waals surface area contributed by atoms with Gasteiger partial charge in [-0.25, -0.2) is 0 Å². The summed E-state index contributed by atoms with van der Waals surface area (Å²) in [6.45, 7) is 4.74. The molecule has 0 spiro atoms. The van der Waals surface area contributed by atoms with Crippen molar-refractivity contribution in [3.05, 3.63) is 36.7 Å². The van der Waals surface area contributed by atoms with Crippen molar-refractivity contribution >= 4 is 11.8 Å². The lowest BCUT2D eigenvalue weighted by atomic mass is 9.48. The van der Waals surface area contributed by atoms with Crippen LogP contribution in [0, 0.1) is 34.5 Å². The molecule has 4 nitrogen and oxygen atoms in total. The maximum absolute atomic E-state index is 13.2. The van der Waals surface area contributed by atoms with Crippen molar-refractivity contribution in [2.24, 2.45) is 34.5 Å². The molecule has 4 heteroatoms. The molecule has 1 N–H and O–H groups in total. The molecule has 27 heavy (non-hydrogen) atoms. The molecular weight excluding hydrogens is 336 g/mol. The third-order valence-corrected chi connectivity index (χ3v) is 8.84. The van der Waals surface area contributed by atoms with Crippen LogP contribution in [0.15, 0.2) is 36.7 Å². The van der Waals surface area contributed by atoms with Gasteiger partial charge in [-0.3, -0.25) is 14.2 Å². The summed E-state index contributed by atoms with van der Waals surface area (Å²) in [6, 6.07) is 4.16. The smallest absolute Gasteiger partial charge is 0.243 e. The molecule has 2 unspecified atom stereocenters. The van der Waals surface area contributed by atoms with Crippen LogP contribution in [0.25, 0.3) is 0 Å². The van der Waals surface area contributed by atoms with E-state index in [1.54, 1.807) is 10.6 Å². The average molecular weight is 367 g/mol. The first-order chi connectivity index (χ1) is 12.9. The number of nitrogens with zero attached hydrogens (tertiary/aromatic N) is 1. The third-order valence-electron chi connectivity index (χ3n) is 8.84. The lowest BCUT2D eigenvalue weighted by Gasteiger charge is -2.58. The normalized spacial score (nSPS) is 45.6. The standard InChI is InChI=1S/C23H30N2O2/c1-22-11-9-17-15(5-8-19-23(17,2)12-10-20(26)24-19)16(22)6-7-18(22)21(27)25-13-3-4-14-25/h3-4,10,12-19H,5-9,11H2,1-2H3,(H,24,26)/t15-,16-,17+,18?,19?,22-,23+/m0/s1. The van der Waals surface area contributed by atoms with Crippen molar-refractivity contribution in [3.8, 4) is 0 Å². The van der Waals surface area contributed by atoms with E-state index in [2.05, 4.69) is 25.2 Å². The summed E-state index contributed by atoms with van der Waals surface area (Å²) >= 11 is 0. The average Bonchev–Trinajstić information content (AvgIpc) is 3.29. The Morgan fingerprint density at radius 1 is 1.07 bits per heavy atom. The monoisotopic (exact) mass is 366 g/mol. The van der Waals surface area contributed by atoms with Crippen LogP contribution in [0.3, 0.4) is 0 Å². The van der Waals surface area contributed by atoms with Gasteiger partial charge in [0.25, 0.3) is 0 Å². The number of hydrogen-bond acceptors (Lipinski definition) is 2. The maximum atomic E-state index is 13.2. The van der Waals surface area contributed by atoms with E-state index in [0.717, 1.165) is 19.3 Å². The predicted octanol–water partition coefficient (Wildman–Crippen LogP) is 4.04. The molecule has 5 rings (SSSR count). The highest BCUT2D eigenvalue weighted by Gasteiger charge is 2.60. The molecule has 1 aromatic rings. The number of aromatic nitrogens is 1. The van der Waals surface area contributed by atoms with Gasteiger partial charge in [-0.1, -0.05) is 19.9 Å². The van der Waals surface area contributed by atoms with Crippen molar-refractivity contribution in [3.63, 3.8) is 0 Å². The minimum Gasteiger partial charge on any atom is -0.349 e. The second-order valence-electron chi connectivity index (χ2n) is 9.82. The Morgan fingerprint density at radius 3 is 2.63 bits per heavy atom. The number of rotatable bonds is 1. The lowest BCUT2D eigenvalue weighted by Crippen LogP contribution is -2.59. The molecule has 7 atom stereocenters. The molecule has 3 saturated carbocycles. The van der Waals surface area contributed by atoms with Crippen molar-refractivity contribution in [1.82, 2.24) is 9.88 Å². The predicted molar refractivity (Wildman–Crippen MR) is 104 cm³/mol. The van der Waals surface area contributed by atoms with Crippen LogP contribution in [0.4, 0.5) is 0 Å². The van der Waals surface area contributed by atoms with Crippen molar-refractivity contribution in [1.29, 1.82) is 0 Å². The minimum absolute atomic E-state index is 0.0647. The number of carbonyl (C=O) groups is 2. The summed E-state index contributed by atoms with van der Waals surface area (Å²) < 4.78 is 1.79. The molecule has 0 radical (unpaired) electrons. The Kier molecular flexibility index (Phi) is 3.73. The van der Waals surface area contributed by atoms with Crippen molar-refractivity contribution in [2.75, 3.05) is 0 Å².